The summed E-state index contributed by atoms with van der Waals surface area (Å²) in [5.41, 5.74) is 1.29. The van der Waals surface area contributed by atoms with Gasteiger partial charge in [0.2, 0.25) is 5.91 Å². The second kappa shape index (κ2) is 6.26. The lowest BCUT2D eigenvalue weighted by Gasteiger charge is -2.15. The van der Waals surface area contributed by atoms with Gasteiger partial charge in [-0.3, -0.25) is 14.5 Å². The topological polar surface area (TPSA) is 94.4 Å². The molecule has 0 unspecified atom stereocenters. The molecular formula is C17H11FN4O3S. The van der Waals surface area contributed by atoms with Gasteiger partial charge in [-0.05, 0) is 42.5 Å². The lowest BCUT2D eigenvalue weighted by Crippen LogP contribution is -2.29. The zero-order chi connectivity index (χ0) is 18.3. The van der Waals surface area contributed by atoms with Crippen molar-refractivity contribution in [2.45, 2.75) is 0 Å². The molecule has 0 aliphatic carbocycles. The second-order valence-electron chi connectivity index (χ2n) is 5.51. The smallest absolute Gasteiger partial charge is 0.276 e. The third-order valence-corrected chi connectivity index (χ3v) is 4.72. The number of amides is 2. The molecular weight excluding hydrogens is 359 g/mol. The Kier molecular flexibility index (Phi) is 3.92. The van der Waals surface area contributed by atoms with Gasteiger partial charge in [-0.2, -0.15) is 0 Å². The van der Waals surface area contributed by atoms with Crippen LogP contribution >= 0.6 is 11.8 Å². The molecule has 2 aliphatic rings. The van der Waals surface area contributed by atoms with E-state index in [1.54, 1.807) is 12.1 Å². The molecule has 130 valence electrons. The summed E-state index contributed by atoms with van der Waals surface area (Å²) in [7, 11) is 0. The van der Waals surface area contributed by atoms with Gasteiger partial charge in [0, 0.05) is 5.56 Å². The van der Waals surface area contributed by atoms with Gasteiger partial charge >= 0.3 is 0 Å². The van der Waals surface area contributed by atoms with E-state index >= 15 is 0 Å². The van der Waals surface area contributed by atoms with Crippen LogP contribution in [0.2, 0.25) is 0 Å². The van der Waals surface area contributed by atoms with E-state index < -0.39 is 11.7 Å². The highest BCUT2D eigenvalue weighted by Crippen LogP contribution is 2.29. The Labute approximate surface area is 151 Å². The van der Waals surface area contributed by atoms with Crippen LogP contribution in [0.1, 0.15) is 5.56 Å². The summed E-state index contributed by atoms with van der Waals surface area (Å²) in [6, 6.07) is 9.97. The third-order valence-electron chi connectivity index (χ3n) is 3.81. The fourth-order valence-corrected chi connectivity index (χ4v) is 3.43. The zero-order valence-corrected chi connectivity index (χ0v) is 14.0. The number of phenolic OH excluding ortho intramolecular Hbond substituents is 1. The monoisotopic (exact) mass is 370 g/mol. The Hall–Kier alpha value is -3.20. The van der Waals surface area contributed by atoms with Crippen LogP contribution in [0.25, 0.3) is 0 Å². The molecule has 2 amide bonds. The van der Waals surface area contributed by atoms with Crippen LogP contribution in [-0.4, -0.2) is 33.6 Å². The van der Waals surface area contributed by atoms with Crippen LogP contribution in [0.3, 0.4) is 0 Å². The maximum absolute atomic E-state index is 13.5. The maximum atomic E-state index is 13.5. The number of carbonyl (C=O) groups excluding carboxylic acids is 2. The number of carbonyl (C=O) groups is 2. The summed E-state index contributed by atoms with van der Waals surface area (Å²) in [5, 5.41) is 20.3. The quantitative estimate of drug-likeness (QED) is 0.794. The summed E-state index contributed by atoms with van der Waals surface area (Å²) < 4.78 is 13.5. The third kappa shape index (κ3) is 2.82. The largest absolute Gasteiger partial charge is 0.508 e. The van der Waals surface area contributed by atoms with Crippen molar-refractivity contribution < 1.29 is 19.1 Å². The number of amidine groups is 1. The minimum atomic E-state index is -0.489. The second-order valence-corrected chi connectivity index (χ2v) is 6.45. The predicted octanol–water partition coefficient (Wildman–Crippen LogP) is 2.32. The Balaban J connectivity index is 1.71. The number of thioether (sulfide) groups is 1. The minimum Gasteiger partial charge on any atom is -0.508 e. The van der Waals surface area contributed by atoms with Crippen molar-refractivity contribution in [1.82, 2.24) is 0 Å². The van der Waals surface area contributed by atoms with Crippen molar-refractivity contribution in [2.24, 2.45) is 10.2 Å². The van der Waals surface area contributed by atoms with Crippen molar-refractivity contribution in [2.75, 3.05) is 16.0 Å². The van der Waals surface area contributed by atoms with Gasteiger partial charge < -0.3 is 10.4 Å². The first-order chi connectivity index (χ1) is 12.5. The molecule has 0 radical (unpaired) electrons. The van der Waals surface area contributed by atoms with E-state index in [0.29, 0.717) is 22.1 Å². The Bertz CT molecular complexity index is 988. The van der Waals surface area contributed by atoms with E-state index in [-0.39, 0.29) is 23.1 Å². The highest BCUT2D eigenvalue weighted by molar-refractivity contribution is 8.15. The summed E-state index contributed by atoms with van der Waals surface area (Å²) in [6.45, 7) is 0. The number of fused-ring (bicyclic) bond motifs is 1. The minimum absolute atomic E-state index is 0.0161. The summed E-state index contributed by atoms with van der Waals surface area (Å²) in [4.78, 5) is 25.6. The zero-order valence-electron chi connectivity index (χ0n) is 13.1. The molecule has 2 N–H and O–H groups in total. The van der Waals surface area contributed by atoms with Crippen LogP contribution in [-0.2, 0) is 9.59 Å². The number of hydrogen-bond acceptors (Lipinski definition) is 6. The Morgan fingerprint density at radius 2 is 1.88 bits per heavy atom. The number of rotatable bonds is 2. The van der Waals surface area contributed by atoms with Crippen LogP contribution in [0, 0.1) is 5.82 Å². The van der Waals surface area contributed by atoms with E-state index in [2.05, 4.69) is 15.5 Å². The van der Waals surface area contributed by atoms with E-state index in [4.69, 9.17) is 0 Å². The molecule has 2 aromatic rings. The standard InChI is InChI=1S/C17H11FN4O3S/c18-9-1-6-13-12(7-9)15(16(25)19-13)20-21-17-22(14(24)8-26-17)10-2-4-11(23)5-3-10/h1-7,23H,8H2,(H,19,20,25)/b21-17-. The number of aromatic hydroxyl groups is 1. The molecule has 0 saturated carbocycles. The van der Waals surface area contributed by atoms with Crippen molar-refractivity contribution in [3.63, 3.8) is 0 Å². The molecule has 0 bridgehead atoms. The first-order valence-electron chi connectivity index (χ1n) is 7.54. The normalized spacial score (nSPS) is 19.3. The van der Waals surface area contributed by atoms with E-state index in [9.17, 15) is 19.1 Å². The fraction of sp³-hybridized carbons (Fsp3) is 0.0588. The predicted molar refractivity (Wildman–Crippen MR) is 97.1 cm³/mol. The first-order valence-corrected chi connectivity index (χ1v) is 8.53. The molecule has 7 nitrogen and oxygen atoms in total. The Morgan fingerprint density at radius 1 is 1.12 bits per heavy atom. The number of hydrogen-bond donors (Lipinski definition) is 2. The van der Waals surface area contributed by atoms with Gasteiger partial charge in [-0.25, -0.2) is 4.39 Å². The molecule has 2 aromatic carbocycles. The number of benzene rings is 2. The summed E-state index contributed by atoms with van der Waals surface area (Å²) in [6.07, 6.45) is 0. The lowest BCUT2D eigenvalue weighted by atomic mass is 10.1. The van der Waals surface area contributed by atoms with E-state index in [0.717, 1.165) is 0 Å². The van der Waals surface area contributed by atoms with Gasteiger partial charge in [0.05, 0.1) is 17.1 Å². The molecule has 0 atom stereocenters. The molecule has 0 spiro atoms. The molecule has 26 heavy (non-hydrogen) atoms. The van der Waals surface area contributed by atoms with Crippen LogP contribution in [0.4, 0.5) is 15.8 Å². The molecule has 1 saturated heterocycles. The summed E-state index contributed by atoms with van der Waals surface area (Å²) in [5.74, 6) is -0.908. The van der Waals surface area contributed by atoms with Crippen molar-refractivity contribution in [1.29, 1.82) is 0 Å². The fourth-order valence-electron chi connectivity index (χ4n) is 2.61. The van der Waals surface area contributed by atoms with Crippen molar-refractivity contribution >= 4 is 45.8 Å². The van der Waals surface area contributed by atoms with Gasteiger partial charge in [0.1, 0.15) is 11.6 Å². The highest BCUT2D eigenvalue weighted by Gasteiger charge is 2.31. The number of halogens is 1. The maximum Gasteiger partial charge on any atom is 0.276 e. The van der Waals surface area contributed by atoms with E-state index in [1.165, 1.54) is 47.0 Å². The van der Waals surface area contributed by atoms with E-state index in [1.807, 2.05) is 0 Å². The lowest BCUT2D eigenvalue weighted by molar-refractivity contribution is -0.115. The van der Waals surface area contributed by atoms with Gasteiger partial charge in [0.25, 0.3) is 5.91 Å². The molecule has 4 rings (SSSR count). The number of phenols is 1. The van der Waals surface area contributed by atoms with Crippen LogP contribution < -0.4 is 10.2 Å². The average Bonchev–Trinajstić information content (AvgIpc) is 3.13. The molecule has 2 aliphatic heterocycles. The van der Waals surface area contributed by atoms with Gasteiger partial charge in [-0.15, -0.1) is 10.2 Å². The SMILES string of the molecule is O=C1Nc2ccc(F)cc2/C1=N/N=C1\SCC(=O)N1c1ccc(O)cc1. The molecule has 9 heteroatoms. The van der Waals surface area contributed by atoms with Crippen LogP contribution in [0.5, 0.6) is 5.75 Å². The highest BCUT2D eigenvalue weighted by atomic mass is 32.2. The number of anilines is 2. The molecule has 1 fully saturated rings. The molecule has 0 aromatic heterocycles. The summed E-state index contributed by atoms with van der Waals surface area (Å²) >= 11 is 1.18. The van der Waals surface area contributed by atoms with Gasteiger partial charge in [-0.1, -0.05) is 11.8 Å². The van der Waals surface area contributed by atoms with Crippen LogP contribution in [0.15, 0.2) is 52.7 Å². The van der Waals surface area contributed by atoms with Crippen molar-refractivity contribution in [3.8, 4) is 5.75 Å². The number of nitrogens with zero attached hydrogens (tertiary/aromatic N) is 3. The van der Waals surface area contributed by atoms with Crippen molar-refractivity contribution in [3.05, 3.63) is 53.8 Å². The number of nitrogens with one attached hydrogen (secondary N) is 1. The first kappa shape index (κ1) is 16.3. The van der Waals surface area contributed by atoms with Gasteiger partial charge in [0.15, 0.2) is 10.9 Å². The average molecular weight is 370 g/mol. The molecule has 2 heterocycles. The Morgan fingerprint density at radius 3 is 2.65 bits per heavy atom.